The Kier molecular flexibility index (Phi) is 4.16. The molecule has 4 heteroatoms. The minimum absolute atomic E-state index is 0.0635. The van der Waals surface area contributed by atoms with E-state index >= 15 is 0 Å². The topological polar surface area (TPSA) is 49.8 Å². The number of ether oxygens (including phenoxy) is 1. The molecule has 110 valence electrons. The number of carbonyl (C=O) groups is 1. The summed E-state index contributed by atoms with van der Waals surface area (Å²) in [5.41, 5.74) is 0.524. The van der Waals surface area contributed by atoms with Crippen molar-refractivity contribution in [2.75, 3.05) is 26.2 Å². The fourth-order valence-electron chi connectivity index (χ4n) is 2.88. The first-order chi connectivity index (χ1) is 9.35. The summed E-state index contributed by atoms with van der Waals surface area (Å²) in [5, 5.41) is 9.03. The number of rotatable bonds is 3. The number of hydrogen-bond donors (Lipinski definition) is 1. The highest BCUT2D eigenvalue weighted by molar-refractivity contribution is 5.69. The van der Waals surface area contributed by atoms with Crippen LogP contribution in [0.15, 0.2) is 30.3 Å². The number of morpholine rings is 1. The molecule has 0 radical (unpaired) electrons. The van der Waals surface area contributed by atoms with Gasteiger partial charge in [0.05, 0.1) is 13.2 Å². The minimum atomic E-state index is -0.789. The number of carboxylic acid groups (broad SMARTS) is 1. The number of nitrogens with zero attached hydrogens (tertiary/aromatic N) is 1. The first-order valence-electron chi connectivity index (χ1n) is 6.99. The Balaban J connectivity index is 2.36. The monoisotopic (exact) mass is 277 g/mol. The van der Waals surface area contributed by atoms with Crippen LogP contribution in [0.1, 0.15) is 26.3 Å². The molecule has 1 aliphatic heterocycles. The first kappa shape index (κ1) is 15.0. The van der Waals surface area contributed by atoms with Crippen molar-refractivity contribution < 1.29 is 14.6 Å². The average Bonchev–Trinajstić information content (AvgIpc) is 2.38. The highest BCUT2D eigenvalue weighted by atomic mass is 16.5. The van der Waals surface area contributed by atoms with Crippen molar-refractivity contribution in [1.82, 2.24) is 4.90 Å². The summed E-state index contributed by atoms with van der Waals surface area (Å²) >= 11 is 0. The molecule has 1 atom stereocenters. The number of carboxylic acids is 1. The van der Waals surface area contributed by atoms with Crippen LogP contribution in [0.2, 0.25) is 0 Å². The van der Waals surface area contributed by atoms with E-state index in [1.807, 2.05) is 23.1 Å². The van der Waals surface area contributed by atoms with Crippen molar-refractivity contribution in [3.63, 3.8) is 0 Å². The maximum atomic E-state index is 11.0. The predicted octanol–water partition coefficient (Wildman–Crippen LogP) is 2.34. The molecule has 1 unspecified atom stereocenters. The summed E-state index contributed by atoms with van der Waals surface area (Å²) in [6.45, 7) is 8.32. The van der Waals surface area contributed by atoms with Gasteiger partial charge < -0.3 is 9.84 Å². The highest BCUT2D eigenvalue weighted by Gasteiger charge is 2.47. The molecule has 0 spiro atoms. The molecule has 0 aliphatic carbocycles. The maximum Gasteiger partial charge on any atom is 0.317 e. The summed E-state index contributed by atoms with van der Waals surface area (Å²) in [6, 6.07) is 10.1. The van der Waals surface area contributed by atoms with Gasteiger partial charge in [-0.25, -0.2) is 0 Å². The summed E-state index contributed by atoms with van der Waals surface area (Å²) in [7, 11) is 0. The van der Waals surface area contributed by atoms with Crippen LogP contribution in [0.5, 0.6) is 0 Å². The smallest absolute Gasteiger partial charge is 0.317 e. The van der Waals surface area contributed by atoms with Crippen molar-refractivity contribution in [3.05, 3.63) is 35.9 Å². The zero-order chi connectivity index (χ0) is 14.8. The largest absolute Gasteiger partial charge is 0.480 e. The lowest BCUT2D eigenvalue weighted by molar-refractivity contribution is -0.176. The summed E-state index contributed by atoms with van der Waals surface area (Å²) < 4.78 is 6.19. The van der Waals surface area contributed by atoms with Gasteiger partial charge >= 0.3 is 5.97 Å². The quantitative estimate of drug-likeness (QED) is 0.921. The average molecular weight is 277 g/mol. The van der Waals surface area contributed by atoms with Crippen molar-refractivity contribution in [2.45, 2.75) is 26.4 Å². The third kappa shape index (κ3) is 2.86. The number of aliphatic carboxylic acids is 1. The standard InChI is InChI=1S/C16H23NO3/c1-15(2,3)16(13-7-5-4-6-8-13)12-17(9-10-20-16)11-14(18)19/h4-8H,9-12H2,1-3H3,(H,18,19). The van der Waals surface area contributed by atoms with Gasteiger partial charge in [-0.15, -0.1) is 0 Å². The minimum Gasteiger partial charge on any atom is -0.480 e. The molecule has 1 heterocycles. The second-order valence-corrected chi connectivity index (χ2v) is 6.40. The Labute approximate surface area is 120 Å². The number of benzene rings is 1. The van der Waals surface area contributed by atoms with E-state index in [1.54, 1.807) is 0 Å². The molecule has 4 nitrogen and oxygen atoms in total. The van der Waals surface area contributed by atoms with Crippen molar-refractivity contribution >= 4 is 5.97 Å². The third-order valence-electron chi connectivity index (χ3n) is 4.01. The third-order valence-corrected chi connectivity index (χ3v) is 4.01. The fraction of sp³-hybridized carbons (Fsp3) is 0.562. The van der Waals surface area contributed by atoms with Gasteiger partial charge in [0.1, 0.15) is 5.60 Å². The second kappa shape index (κ2) is 5.54. The van der Waals surface area contributed by atoms with Crippen LogP contribution in [0, 0.1) is 5.41 Å². The molecule has 0 bridgehead atoms. The molecule has 1 aliphatic rings. The van der Waals surface area contributed by atoms with Crippen LogP contribution in [-0.4, -0.2) is 42.2 Å². The van der Waals surface area contributed by atoms with Gasteiger partial charge in [-0.3, -0.25) is 9.69 Å². The summed E-state index contributed by atoms with van der Waals surface area (Å²) in [4.78, 5) is 12.9. The van der Waals surface area contributed by atoms with Crippen molar-refractivity contribution in [2.24, 2.45) is 5.41 Å². The lowest BCUT2D eigenvalue weighted by Gasteiger charge is -2.50. The Morgan fingerprint density at radius 3 is 2.55 bits per heavy atom. The predicted molar refractivity (Wildman–Crippen MR) is 77.6 cm³/mol. The Hall–Kier alpha value is -1.39. The van der Waals surface area contributed by atoms with Crippen LogP contribution >= 0.6 is 0 Å². The van der Waals surface area contributed by atoms with E-state index in [0.717, 1.165) is 5.56 Å². The van der Waals surface area contributed by atoms with Crippen molar-refractivity contribution in [3.8, 4) is 0 Å². The maximum absolute atomic E-state index is 11.0. The van der Waals surface area contributed by atoms with Gasteiger partial charge in [0.25, 0.3) is 0 Å². The van der Waals surface area contributed by atoms with Gasteiger partial charge in [0.15, 0.2) is 0 Å². The molecule has 1 saturated heterocycles. The number of hydrogen-bond acceptors (Lipinski definition) is 3. The molecule has 2 rings (SSSR count). The van der Waals surface area contributed by atoms with E-state index in [4.69, 9.17) is 9.84 Å². The fourth-order valence-corrected chi connectivity index (χ4v) is 2.88. The summed E-state index contributed by atoms with van der Waals surface area (Å²) in [5.74, 6) is -0.789. The van der Waals surface area contributed by atoms with Gasteiger partial charge in [-0.2, -0.15) is 0 Å². The Morgan fingerprint density at radius 2 is 2.00 bits per heavy atom. The molecular formula is C16H23NO3. The lowest BCUT2D eigenvalue weighted by Crippen LogP contribution is -2.57. The normalized spacial score (nSPS) is 24.6. The Bertz CT molecular complexity index is 466. The molecule has 0 aromatic heterocycles. The molecule has 1 aromatic carbocycles. The molecule has 1 aromatic rings. The van der Waals surface area contributed by atoms with Crippen molar-refractivity contribution in [1.29, 1.82) is 0 Å². The summed E-state index contributed by atoms with van der Waals surface area (Å²) in [6.07, 6.45) is 0. The molecule has 0 saturated carbocycles. The SMILES string of the molecule is CC(C)(C)C1(c2ccccc2)CN(CC(=O)O)CCO1. The van der Waals surface area contributed by atoms with Crippen LogP contribution in [0.3, 0.4) is 0 Å². The van der Waals surface area contributed by atoms with Gasteiger partial charge in [-0.1, -0.05) is 51.1 Å². The first-order valence-corrected chi connectivity index (χ1v) is 6.99. The molecule has 1 fully saturated rings. The van der Waals surface area contributed by atoms with Crippen LogP contribution < -0.4 is 0 Å². The molecular weight excluding hydrogens is 254 g/mol. The van der Waals surface area contributed by atoms with Gasteiger partial charge in [0.2, 0.25) is 0 Å². The molecule has 20 heavy (non-hydrogen) atoms. The van der Waals surface area contributed by atoms with Crippen LogP contribution in [0.4, 0.5) is 0 Å². The zero-order valence-electron chi connectivity index (χ0n) is 12.4. The molecule has 1 N–H and O–H groups in total. The lowest BCUT2D eigenvalue weighted by atomic mass is 9.71. The Morgan fingerprint density at radius 1 is 1.35 bits per heavy atom. The van der Waals surface area contributed by atoms with E-state index < -0.39 is 11.6 Å². The highest BCUT2D eigenvalue weighted by Crippen LogP contribution is 2.44. The van der Waals surface area contributed by atoms with E-state index in [2.05, 4.69) is 32.9 Å². The van der Waals surface area contributed by atoms with E-state index in [1.165, 1.54) is 0 Å². The van der Waals surface area contributed by atoms with Crippen LogP contribution in [-0.2, 0) is 15.1 Å². The van der Waals surface area contributed by atoms with Gasteiger partial charge in [0, 0.05) is 13.1 Å². The van der Waals surface area contributed by atoms with E-state index in [9.17, 15) is 4.79 Å². The van der Waals surface area contributed by atoms with E-state index in [0.29, 0.717) is 19.7 Å². The van der Waals surface area contributed by atoms with E-state index in [-0.39, 0.29) is 12.0 Å². The molecule has 0 amide bonds. The zero-order valence-corrected chi connectivity index (χ0v) is 12.4. The van der Waals surface area contributed by atoms with Crippen LogP contribution in [0.25, 0.3) is 0 Å². The second-order valence-electron chi connectivity index (χ2n) is 6.40. The van der Waals surface area contributed by atoms with Gasteiger partial charge in [-0.05, 0) is 11.0 Å².